The van der Waals surface area contributed by atoms with Gasteiger partial charge in [-0.1, -0.05) is 58.4 Å². The molecule has 206 valence electrons. The van der Waals surface area contributed by atoms with E-state index in [0.29, 0.717) is 24.9 Å². The number of likely N-dealkylation sites (tertiary alicyclic amines) is 1. The molecule has 3 heterocycles. The maximum Gasteiger partial charge on any atom is 0.312 e. The second-order valence-corrected chi connectivity index (χ2v) is 11.5. The van der Waals surface area contributed by atoms with E-state index in [9.17, 15) is 19.5 Å². The molecule has 2 amide bonds. The molecule has 8 nitrogen and oxygen atoms in total. The number of nitrogens with zero attached hydrogens (tertiary/aromatic N) is 2. The number of anilines is 1. The van der Waals surface area contributed by atoms with E-state index in [2.05, 4.69) is 29.1 Å². The summed E-state index contributed by atoms with van der Waals surface area (Å²) in [5.41, 5.74) is -0.556. The summed E-state index contributed by atoms with van der Waals surface area (Å²) in [4.78, 5) is 44.3. The Morgan fingerprint density at radius 2 is 1.97 bits per heavy atom. The van der Waals surface area contributed by atoms with Gasteiger partial charge in [0.1, 0.15) is 11.6 Å². The molecule has 0 aromatic heterocycles. The molecule has 3 saturated heterocycles. The van der Waals surface area contributed by atoms with Gasteiger partial charge < -0.3 is 24.4 Å². The molecule has 3 unspecified atom stereocenters. The number of aliphatic hydroxyl groups is 1. The normalized spacial score (nSPS) is 28.9. The first kappa shape index (κ1) is 27.6. The van der Waals surface area contributed by atoms with Crippen LogP contribution in [0.3, 0.4) is 0 Å². The predicted molar refractivity (Wildman–Crippen MR) is 151 cm³/mol. The van der Waals surface area contributed by atoms with Crippen LogP contribution in [0, 0.1) is 11.8 Å². The number of benzene rings is 2. The zero-order valence-electron chi connectivity index (χ0n) is 21.7. The first-order valence-corrected chi connectivity index (χ1v) is 14.2. The fourth-order valence-electron chi connectivity index (χ4n) is 6.47. The minimum atomic E-state index is -1.22. The lowest BCUT2D eigenvalue weighted by atomic mass is 9.70. The molecule has 3 aliphatic heterocycles. The quantitative estimate of drug-likeness (QED) is 0.184. The van der Waals surface area contributed by atoms with Gasteiger partial charge >= 0.3 is 5.97 Å². The second kappa shape index (κ2) is 11.2. The van der Waals surface area contributed by atoms with Crippen LogP contribution >= 0.6 is 15.9 Å². The number of allylic oxidation sites excluding steroid dienone is 1. The van der Waals surface area contributed by atoms with Gasteiger partial charge in [0.2, 0.25) is 5.91 Å². The van der Waals surface area contributed by atoms with Crippen LogP contribution in [0.5, 0.6) is 0 Å². The van der Waals surface area contributed by atoms with Gasteiger partial charge in [-0.3, -0.25) is 14.4 Å². The molecule has 9 heteroatoms. The molecule has 2 aromatic carbocycles. The third kappa shape index (κ3) is 4.60. The molecular formula is C30H33BrN2O6. The van der Waals surface area contributed by atoms with Gasteiger partial charge in [0.05, 0.1) is 31.2 Å². The van der Waals surface area contributed by atoms with Crippen LogP contribution < -0.4 is 4.90 Å². The molecule has 3 aliphatic rings. The topological polar surface area (TPSA) is 96.4 Å². The summed E-state index contributed by atoms with van der Waals surface area (Å²) >= 11 is 3.66. The van der Waals surface area contributed by atoms with E-state index >= 15 is 0 Å². The number of aliphatic hydroxyl groups excluding tert-OH is 1. The molecule has 5 rings (SSSR count). The van der Waals surface area contributed by atoms with Crippen molar-refractivity contribution in [2.45, 2.75) is 41.8 Å². The molecule has 39 heavy (non-hydrogen) atoms. The lowest BCUT2D eigenvalue weighted by molar-refractivity contribution is -0.155. The van der Waals surface area contributed by atoms with Crippen molar-refractivity contribution >= 4 is 50.2 Å². The highest BCUT2D eigenvalue weighted by Gasteiger charge is 2.77. The maximum atomic E-state index is 14.4. The van der Waals surface area contributed by atoms with Crippen molar-refractivity contribution in [2.24, 2.45) is 11.8 Å². The Labute approximate surface area is 236 Å². The summed E-state index contributed by atoms with van der Waals surface area (Å²) in [6.07, 6.45) is 4.53. The second-order valence-electron chi connectivity index (χ2n) is 10.3. The Morgan fingerprint density at radius 1 is 1.21 bits per heavy atom. The minimum Gasteiger partial charge on any atom is -0.465 e. The van der Waals surface area contributed by atoms with E-state index in [1.54, 1.807) is 17.1 Å². The van der Waals surface area contributed by atoms with Gasteiger partial charge in [0.15, 0.2) is 0 Å². The number of carbonyl (C=O) groups is 3. The standard InChI is InChI=1S/C30H33BrN2O6/c1-3-5-8-16-38-29(37)23-24-27(35)33(14-15-34)26(30(24)18-22(31)25(23)39-30)28(36)32(13-4-2)21-12-11-19-9-6-7-10-20(19)17-21/h3-4,6-7,9-12,17,22-26,34H,1-2,5,8,13-16,18H2/t22?,23-,24-,25-,26?,30?/m0/s1. The summed E-state index contributed by atoms with van der Waals surface area (Å²) in [7, 11) is 0. The van der Waals surface area contributed by atoms with Crippen LogP contribution in [0.2, 0.25) is 0 Å². The number of alkyl halides is 1. The van der Waals surface area contributed by atoms with E-state index in [0.717, 1.165) is 10.8 Å². The lowest BCUT2D eigenvalue weighted by Gasteiger charge is -2.37. The largest absolute Gasteiger partial charge is 0.465 e. The van der Waals surface area contributed by atoms with Crippen molar-refractivity contribution in [3.05, 3.63) is 67.8 Å². The third-order valence-electron chi connectivity index (χ3n) is 8.06. The van der Waals surface area contributed by atoms with Crippen molar-refractivity contribution in [3.8, 4) is 0 Å². The zero-order chi connectivity index (χ0) is 27.7. The Kier molecular flexibility index (Phi) is 7.94. The third-order valence-corrected chi connectivity index (χ3v) is 8.90. The van der Waals surface area contributed by atoms with Crippen LogP contribution in [0.25, 0.3) is 10.8 Å². The van der Waals surface area contributed by atoms with Crippen molar-refractivity contribution in [2.75, 3.05) is 31.2 Å². The first-order chi connectivity index (χ1) is 18.9. The van der Waals surface area contributed by atoms with Gasteiger partial charge in [-0.15, -0.1) is 13.2 Å². The summed E-state index contributed by atoms with van der Waals surface area (Å²) in [6, 6.07) is 12.6. The minimum absolute atomic E-state index is 0.0464. The van der Waals surface area contributed by atoms with Crippen LogP contribution in [0.15, 0.2) is 67.8 Å². The Morgan fingerprint density at radius 3 is 2.69 bits per heavy atom. The van der Waals surface area contributed by atoms with Crippen molar-refractivity contribution in [3.63, 3.8) is 0 Å². The highest BCUT2D eigenvalue weighted by Crippen LogP contribution is 2.60. The number of hydrogen-bond donors (Lipinski definition) is 1. The van der Waals surface area contributed by atoms with E-state index in [-0.39, 0.29) is 42.9 Å². The highest BCUT2D eigenvalue weighted by molar-refractivity contribution is 9.09. The summed E-state index contributed by atoms with van der Waals surface area (Å²) in [6.45, 7) is 7.59. The van der Waals surface area contributed by atoms with Crippen LogP contribution in [-0.2, 0) is 23.9 Å². The van der Waals surface area contributed by atoms with Crippen molar-refractivity contribution in [1.29, 1.82) is 0 Å². The number of hydrogen-bond acceptors (Lipinski definition) is 6. The molecule has 2 bridgehead atoms. The first-order valence-electron chi connectivity index (χ1n) is 13.3. The van der Waals surface area contributed by atoms with E-state index in [4.69, 9.17) is 9.47 Å². The molecule has 0 aliphatic carbocycles. The monoisotopic (exact) mass is 596 g/mol. The van der Waals surface area contributed by atoms with Crippen molar-refractivity contribution in [1.82, 2.24) is 4.90 Å². The van der Waals surface area contributed by atoms with Gasteiger partial charge in [-0.05, 0) is 42.2 Å². The van der Waals surface area contributed by atoms with E-state index in [1.807, 2.05) is 42.5 Å². The number of β-amino-alcohol motifs (C(OH)–C–C–N with tert-alkyl or cyclic N) is 1. The Bertz CT molecular complexity index is 1300. The Balaban J connectivity index is 1.51. The highest BCUT2D eigenvalue weighted by atomic mass is 79.9. The number of amides is 2. The molecule has 0 radical (unpaired) electrons. The molecule has 0 saturated carbocycles. The summed E-state index contributed by atoms with van der Waals surface area (Å²) in [5.74, 6) is -2.91. The van der Waals surface area contributed by atoms with Crippen LogP contribution in [-0.4, -0.2) is 76.7 Å². The van der Waals surface area contributed by atoms with Gasteiger partial charge in [-0.2, -0.15) is 0 Å². The zero-order valence-corrected chi connectivity index (χ0v) is 23.3. The number of halogens is 1. The number of fused-ring (bicyclic) bond motifs is 2. The maximum absolute atomic E-state index is 14.4. The lowest BCUT2D eigenvalue weighted by Crippen LogP contribution is -2.57. The number of rotatable bonds is 11. The SMILES string of the molecule is C=CCCCOC(=O)[C@H]1[C@H]2C(=O)N(CCO)C(C(=O)N(CC=C)c3ccc4ccccc4c3)C23CC(Br)[C@@H]1O3. The average Bonchev–Trinajstić information content (AvgIpc) is 3.53. The molecule has 2 aromatic rings. The fraction of sp³-hybridized carbons (Fsp3) is 0.433. The molecular weight excluding hydrogens is 564 g/mol. The van der Waals surface area contributed by atoms with E-state index in [1.165, 1.54) is 4.90 Å². The van der Waals surface area contributed by atoms with Crippen LogP contribution in [0.4, 0.5) is 5.69 Å². The summed E-state index contributed by atoms with van der Waals surface area (Å²) < 4.78 is 12.0. The molecule has 1 N–H and O–H groups in total. The smallest absolute Gasteiger partial charge is 0.312 e. The molecule has 1 spiro atoms. The number of unbranched alkanes of at least 4 members (excludes halogenated alkanes) is 1. The Hall–Kier alpha value is -3.01. The molecule has 6 atom stereocenters. The fourth-order valence-corrected chi connectivity index (χ4v) is 7.41. The van der Waals surface area contributed by atoms with Gasteiger partial charge in [0, 0.05) is 23.6 Å². The van der Waals surface area contributed by atoms with E-state index < -0.39 is 35.6 Å². The van der Waals surface area contributed by atoms with Gasteiger partial charge in [-0.25, -0.2) is 0 Å². The number of carbonyl (C=O) groups excluding carboxylic acids is 3. The molecule has 3 fully saturated rings. The summed E-state index contributed by atoms with van der Waals surface area (Å²) in [5, 5.41) is 11.9. The predicted octanol–water partition coefficient (Wildman–Crippen LogP) is 3.61. The van der Waals surface area contributed by atoms with Crippen LogP contribution in [0.1, 0.15) is 19.3 Å². The number of ether oxygens (including phenoxy) is 2. The number of esters is 1. The average molecular weight is 598 g/mol. The van der Waals surface area contributed by atoms with Crippen molar-refractivity contribution < 1.29 is 29.0 Å². The van der Waals surface area contributed by atoms with Gasteiger partial charge in [0.25, 0.3) is 5.91 Å².